The van der Waals surface area contributed by atoms with Crippen LogP contribution in [0.2, 0.25) is 0 Å². The summed E-state index contributed by atoms with van der Waals surface area (Å²) in [4.78, 5) is 14.9. The first-order valence-electron chi connectivity index (χ1n) is 9.82. The average molecular weight is 409 g/mol. The highest BCUT2D eigenvalue weighted by Crippen LogP contribution is 2.28. The fourth-order valence-electron chi connectivity index (χ4n) is 3.45. The standard InChI is InChI=1S/C22H24N4O2S/c1-28-19-12-10-17(11-13-19)20(27)16-29-22-24-23-21(25-14-6-3-7-15-25)26(22)18-8-4-2-5-9-18/h2,4-5,8-13H,3,6-7,14-16H2,1H3. The molecule has 29 heavy (non-hydrogen) atoms. The Balaban J connectivity index is 1.56. The molecular weight excluding hydrogens is 384 g/mol. The van der Waals surface area contributed by atoms with E-state index in [1.54, 1.807) is 31.4 Å². The number of anilines is 1. The van der Waals surface area contributed by atoms with Gasteiger partial charge in [-0.25, -0.2) is 0 Å². The van der Waals surface area contributed by atoms with E-state index >= 15 is 0 Å². The second-order valence-corrected chi connectivity index (χ2v) is 7.88. The Bertz CT molecular complexity index is 951. The maximum Gasteiger partial charge on any atom is 0.232 e. The number of piperidine rings is 1. The minimum absolute atomic E-state index is 0.0554. The number of aromatic nitrogens is 3. The van der Waals surface area contributed by atoms with Gasteiger partial charge in [0.25, 0.3) is 0 Å². The molecule has 0 N–H and O–H groups in total. The predicted octanol–water partition coefficient (Wildman–Crippen LogP) is 4.24. The van der Waals surface area contributed by atoms with Gasteiger partial charge >= 0.3 is 0 Å². The highest BCUT2D eigenvalue weighted by molar-refractivity contribution is 7.99. The summed E-state index contributed by atoms with van der Waals surface area (Å²) < 4.78 is 7.23. The maximum atomic E-state index is 12.6. The summed E-state index contributed by atoms with van der Waals surface area (Å²) in [6.07, 6.45) is 3.59. The molecule has 0 spiro atoms. The van der Waals surface area contributed by atoms with Gasteiger partial charge in [0, 0.05) is 18.7 Å². The van der Waals surface area contributed by atoms with Crippen molar-refractivity contribution < 1.29 is 9.53 Å². The smallest absolute Gasteiger partial charge is 0.232 e. The lowest BCUT2D eigenvalue weighted by Crippen LogP contribution is -2.31. The maximum absolute atomic E-state index is 12.6. The highest BCUT2D eigenvalue weighted by Gasteiger charge is 2.22. The van der Waals surface area contributed by atoms with E-state index < -0.39 is 0 Å². The largest absolute Gasteiger partial charge is 0.497 e. The van der Waals surface area contributed by atoms with Gasteiger partial charge in [0.05, 0.1) is 18.6 Å². The van der Waals surface area contributed by atoms with Crippen molar-refractivity contribution in [2.75, 3.05) is 30.9 Å². The minimum atomic E-state index is 0.0554. The lowest BCUT2D eigenvalue weighted by Gasteiger charge is -2.27. The van der Waals surface area contributed by atoms with Crippen molar-refractivity contribution in [1.82, 2.24) is 14.8 Å². The zero-order valence-corrected chi connectivity index (χ0v) is 17.3. The Morgan fingerprint density at radius 2 is 1.72 bits per heavy atom. The first-order valence-corrected chi connectivity index (χ1v) is 10.8. The molecule has 0 unspecified atom stereocenters. The molecule has 0 saturated carbocycles. The first-order chi connectivity index (χ1) is 14.3. The van der Waals surface area contributed by atoms with Gasteiger partial charge in [-0.3, -0.25) is 9.36 Å². The van der Waals surface area contributed by atoms with Gasteiger partial charge in [0.15, 0.2) is 10.9 Å². The number of rotatable bonds is 7. The van der Waals surface area contributed by atoms with E-state index in [9.17, 15) is 4.79 Å². The van der Waals surface area contributed by atoms with Crippen molar-refractivity contribution in [3.05, 3.63) is 60.2 Å². The number of hydrogen-bond donors (Lipinski definition) is 0. The molecule has 150 valence electrons. The topological polar surface area (TPSA) is 60.2 Å². The number of Topliss-reactive ketones (excluding diaryl/α,β-unsaturated/α-hetero) is 1. The quantitative estimate of drug-likeness (QED) is 0.430. The molecule has 3 aromatic rings. The average Bonchev–Trinajstić information content (AvgIpc) is 3.22. The van der Waals surface area contributed by atoms with Crippen LogP contribution in [0.15, 0.2) is 59.8 Å². The zero-order valence-electron chi connectivity index (χ0n) is 16.5. The molecule has 1 saturated heterocycles. The SMILES string of the molecule is COc1ccc(C(=O)CSc2nnc(N3CCCCC3)n2-c2ccccc2)cc1. The van der Waals surface area contributed by atoms with E-state index in [4.69, 9.17) is 4.74 Å². The molecule has 4 rings (SSSR count). The van der Waals surface area contributed by atoms with Gasteiger partial charge in [-0.05, 0) is 55.7 Å². The Morgan fingerprint density at radius 1 is 1.00 bits per heavy atom. The van der Waals surface area contributed by atoms with E-state index in [0.29, 0.717) is 11.3 Å². The zero-order chi connectivity index (χ0) is 20.1. The molecule has 0 bridgehead atoms. The second-order valence-electron chi connectivity index (χ2n) is 6.94. The van der Waals surface area contributed by atoms with Crippen LogP contribution >= 0.6 is 11.8 Å². The summed E-state index contributed by atoms with van der Waals surface area (Å²) in [5.41, 5.74) is 1.68. The molecule has 1 aliphatic heterocycles. The number of ketones is 1. The Kier molecular flexibility index (Phi) is 6.14. The molecule has 0 aliphatic carbocycles. The van der Waals surface area contributed by atoms with Gasteiger partial charge < -0.3 is 9.64 Å². The fraction of sp³-hybridized carbons (Fsp3) is 0.318. The van der Waals surface area contributed by atoms with Crippen LogP contribution in [0.1, 0.15) is 29.6 Å². The molecular formula is C22H24N4O2S. The lowest BCUT2D eigenvalue weighted by atomic mass is 10.1. The van der Waals surface area contributed by atoms with Crippen molar-refractivity contribution in [2.24, 2.45) is 0 Å². The van der Waals surface area contributed by atoms with Crippen molar-refractivity contribution in [1.29, 1.82) is 0 Å². The predicted molar refractivity (Wildman–Crippen MR) is 115 cm³/mol. The number of carbonyl (C=O) groups excluding carboxylic acids is 1. The van der Waals surface area contributed by atoms with Crippen LogP contribution in [-0.4, -0.2) is 46.5 Å². The molecule has 7 heteroatoms. The monoisotopic (exact) mass is 408 g/mol. The summed E-state index contributed by atoms with van der Waals surface area (Å²) in [5, 5.41) is 9.64. The van der Waals surface area contributed by atoms with Crippen LogP contribution in [-0.2, 0) is 0 Å². The third kappa shape index (κ3) is 4.45. The van der Waals surface area contributed by atoms with E-state index in [2.05, 4.69) is 19.7 Å². The normalized spacial score (nSPS) is 14.0. The minimum Gasteiger partial charge on any atom is -0.497 e. The number of thioether (sulfide) groups is 1. The Labute approximate surface area is 174 Å². The van der Waals surface area contributed by atoms with Gasteiger partial charge in [-0.15, -0.1) is 10.2 Å². The van der Waals surface area contributed by atoms with E-state index in [1.807, 2.05) is 30.3 Å². The number of nitrogens with zero attached hydrogens (tertiary/aromatic N) is 4. The van der Waals surface area contributed by atoms with Crippen LogP contribution in [0.5, 0.6) is 5.75 Å². The van der Waals surface area contributed by atoms with Crippen LogP contribution < -0.4 is 9.64 Å². The Hall–Kier alpha value is -2.80. The number of benzene rings is 2. The molecule has 2 heterocycles. The molecule has 1 fully saturated rings. The number of methoxy groups -OCH3 is 1. The van der Waals surface area contributed by atoms with Crippen LogP contribution in [0.4, 0.5) is 5.95 Å². The summed E-state index contributed by atoms with van der Waals surface area (Å²) >= 11 is 1.42. The van der Waals surface area contributed by atoms with Gasteiger partial charge in [-0.1, -0.05) is 30.0 Å². The Morgan fingerprint density at radius 3 is 2.41 bits per heavy atom. The highest BCUT2D eigenvalue weighted by atomic mass is 32.2. The molecule has 2 aromatic carbocycles. The van der Waals surface area contributed by atoms with Gasteiger partial charge in [0.2, 0.25) is 5.95 Å². The molecule has 1 aromatic heterocycles. The van der Waals surface area contributed by atoms with Crippen molar-refractivity contribution >= 4 is 23.5 Å². The third-order valence-electron chi connectivity index (χ3n) is 5.01. The molecule has 0 amide bonds. The summed E-state index contributed by atoms with van der Waals surface area (Å²) in [6, 6.07) is 17.3. The van der Waals surface area contributed by atoms with Crippen molar-refractivity contribution in [2.45, 2.75) is 24.4 Å². The first kappa shape index (κ1) is 19.5. The van der Waals surface area contributed by atoms with E-state index in [1.165, 1.54) is 31.0 Å². The third-order valence-corrected chi connectivity index (χ3v) is 5.94. The van der Waals surface area contributed by atoms with Gasteiger partial charge in [-0.2, -0.15) is 0 Å². The van der Waals surface area contributed by atoms with Crippen molar-refractivity contribution in [3.8, 4) is 11.4 Å². The summed E-state index contributed by atoms with van der Waals surface area (Å²) in [6.45, 7) is 1.97. The van der Waals surface area contributed by atoms with Crippen LogP contribution in [0, 0.1) is 0 Å². The van der Waals surface area contributed by atoms with Crippen LogP contribution in [0.3, 0.4) is 0 Å². The number of para-hydroxylation sites is 1. The second kappa shape index (κ2) is 9.13. The molecule has 1 aliphatic rings. The van der Waals surface area contributed by atoms with Crippen molar-refractivity contribution in [3.63, 3.8) is 0 Å². The number of carbonyl (C=O) groups is 1. The number of ether oxygens (including phenoxy) is 1. The molecule has 6 nitrogen and oxygen atoms in total. The molecule has 0 radical (unpaired) electrons. The van der Waals surface area contributed by atoms with Crippen LogP contribution in [0.25, 0.3) is 5.69 Å². The lowest BCUT2D eigenvalue weighted by molar-refractivity contribution is 0.102. The van der Waals surface area contributed by atoms with Gasteiger partial charge in [0.1, 0.15) is 5.75 Å². The summed E-state index contributed by atoms with van der Waals surface area (Å²) in [7, 11) is 1.61. The van der Waals surface area contributed by atoms with E-state index in [0.717, 1.165) is 35.6 Å². The molecule has 0 atom stereocenters. The number of hydrogen-bond acceptors (Lipinski definition) is 6. The summed E-state index contributed by atoms with van der Waals surface area (Å²) in [5.74, 6) is 1.95. The van der Waals surface area contributed by atoms with E-state index in [-0.39, 0.29) is 5.78 Å². The fourth-order valence-corrected chi connectivity index (χ4v) is 4.29.